The average Bonchev–Trinajstić information content (AvgIpc) is 3.59. The van der Waals surface area contributed by atoms with Crippen LogP contribution in [0, 0.1) is 17.8 Å². The number of carbonyl (C=O) groups excluding carboxylic acids is 2. The van der Waals surface area contributed by atoms with Crippen molar-refractivity contribution in [3.63, 3.8) is 0 Å². The maximum absolute atomic E-state index is 13.0. The molecule has 2 aliphatic carbocycles. The van der Waals surface area contributed by atoms with Crippen LogP contribution in [0.2, 0.25) is 0 Å². The van der Waals surface area contributed by atoms with Crippen molar-refractivity contribution < 1.29 is 24.2 Å². The molecule has 2 N–H and O–H groups in total. The Morgan fingerprint density at radius 2 is 1.65 bits per heavy atom. The molecule has 7 heteroatoms. The second-order valence-corrected chi connectivity index (χ2v) is 9.61. The minimum Gasteiger partial charge on any atom is -0.481 e. The Bertz CT molecular complexity index is 1050. The summed E-state index contributed by atoms with van der Waals surface area (Å²) in [7, 11) is 0. The molecule has 0 spiro atoms. The van der Waals surface area contributed by atoms with E-state index in [9.17, 15) is 19.5 Å². The quantitative estimate of drug-likeness (QED) is 0.679. The van der Waals surface area contributed by atoms with Crippen molar-refractivity contribution in [2.45, 2.75) is 31.6 Å². The van der Waals surface area contributed by atoms with Crippen LogP contribution in [0.4, 0.5) is 4.79 Å². The molecule has 2 fully saturated rings. The number of hydrogen-bond acceptors (Lipinski definition) is 4. The fraction of sp³-hybridized carbons (Fsp3) is 0.444. The fourth-order valence-electron chi connectivity index (χ4n) is 5.87. The van der Waals surface area contributed by atoms with E-state index in [-0.39, 0.29) is 36.8 Å². The summed E-state index contributed by atoms with van der Waals surface area (Å²) < 4.78 is 5.62. The van der Waals surface area contributed by atoms with Crippen molar-refractivity contribution in [2.75, 3.05) is 26.2 Å². The average molecular weight is 463 g/mol. The second-order valence-electron chi connectivity index (χ2n) is 9.61. The van der Waals surface area contributed by atoms with E-state index in [2.05, 4.69) is 29.6 Å². The van der Waals surface area contributed by atoms with Crippen LogP contribution in [0.1, 0.15) is 42.7 Å². The highest BCUT2D eigenvalue weighted by molar-refractivity contribution is 5.81. The first-order valence-electron chi connectivity index (χ1n) is 12.1. The first kappa shape index (κ1) is 22.4. The fourth-order valence-corrected chi connectivity index (χ4v) is 5.87. The van der Waals surface area contributed by atoms with E-state index in [4.69, 9.17) is 4.74 Å². The van der Waals surface area contributed by atoms with Gasteiger partial charge in [0.2, 0.25) is 5.91 Å². The maximum Gasteiger partial charge on any atom is 0.407 e. The Morgan fingerprint density at radius 3 is 2.29 bits per heavy atom. The lowest BCUT2D eigenvalue weighted by molar-refractivity contribution is -0.141. The zero-order valence-corrected chi connectivity index (χ0v) is 19.1. The molecule has 1 saturated heterocycles. The Morgan fingerprint density at radius 1 is 0.971 bits per heavy atom. The van der Waals surface area contributed by atoms with Crippen molar-refractivity contribution >= 4 is 18.0 Å². The van der Waals surface area contributed by atoms with Gasteiger partial charge in [-0.1, -0.05) is 55.0 Å². The van der Waals surface area contributed by atoms with Gasteiger partial charge < -0.3 is 20.1 Å². The third-order valence-electron chi connectivity index (χ3n) is 7.68. The molecule has 2 amide bonds. The van der Waals surface area contributed by atoms with Crippen LogP contribution in [-0.2, 0) is 14.3 Å². The van der Waals surface area contributed by atoms with Gasteiger partial charge >= 0.3 is 12.1 Å². The molecule has 3 atom stereocenters. The Balaban J connectivity index is 1.15. The molecule has 2 aromatic rings. The molecule has 0 aromatic heterocycles. The molecule has 1 heterocycles. The number of hydrogen-bond donors (Lipinski definition) is 2. The molecular weight excluding hydrogens is 432 g/mol. The minimum atomic E-state index is -0.838. The zero-order valence-electron chi connectivity index (χ0n) is 19.1. The number of aliphatic carboxylic acids is 1. The van der Waals surface area contributed by atoms with Crippen molar-refractivity contribution in [1.82, 2.24) is 10.2 Å². The molecule has 178 valence electrons. The molecule has 34 heavy (non-hydrogen) atoms. The topological polar surface area (TPSA) is 95.9 Å². The van der Waals surface area contributed by atoms with Gasteiger partial charge in [0.1, 0.15) is 6.61 Å². The summed E-state index contributed by atoms with van der Waals surface area (Å²) in [6.45, 7) is 1.44. The lowest BCUT2D eigenvalue weighted by Gasteiger charge is -2.25. The number of rotatable bonds is 6. The summed E-state index contributed by atoms with van der Waals surface area (Å²) in [6, 6.07) is 16.4. The zero-order chi connectivity index (χ0) is 23.7. The molecule has 0 radical (unpaired) electrons. The van der Waals surface area contributed by atoms with E-state index in [1.165, 1.54) is 22.3 Å². The van der Waals surface area contributed by atoms with E-state index in [0.717, 1.165) is 19.3 Å². The molecule has 1 saturated carbocycles. The van der Waals surface area contributed by atoms with Crippen molar-refractivity contribution in [3.05, 3.63) is 59.7 Å². The first-order chi connectivity index (χ1) is 16.5. The van der Waals surface area contributed by atoms with Gasteiger partial charge in [0, 0.05) is 31.5 Å². The van der Waals surface area contributed by atoms with Crippen LogP contribution >= 0.6 is 0 Å². The van der Waals surface area contributed by atoms with Crippen LogP contribution in [0.15, 0.2) is 48.5 Å². The Kier molecular flexibility index (Phi) is 6.26. The van der Waals surface area contributed by atoms with Gasteiger partial charge in [0.05, 0.1) is 5.92 Å². The molecule has 0 bridgehead atoms. The van der Waals surface area contributed by atoms with E-state index < -0.39 is 18.0 Å². The predicted molar refractivity (Wildman–Crippen MR) is 126 cm³/mol. The number of alkyl carbamates (subject to hydrolysis) is 1. The van der Waals surface area contributed by atoms with Gasteiger partial charge in [-0.3, -0.25) is 9.59 Å². The van der Waals surface area contributed by atoms with Crippen LogP contribution in [0.25, 0.3) is 11.1 Å². The van der Waals surface area contributed by atoms with Crippen LogP contribution < -0.4 is 5.32 Å². The summed E-state index contributed by atoms with van der Waals surface area (Å²) in [5, 5.41) is 12.1. The lowest BCUT2D eigenvalue weighted by Crippen LogP contribution is -2.40. The van der Waals surface area contributed by atoms with E-state index in [1.807, 2.05) is 24.3 Å². The van der Waals surface area contributed by atoms with Crippen LogP contribution in [0.3, 0.4) is 0 Å². The summed E-state index contributed by atoms with van der Waals surface area (Å²) in [6.07, 6.45) is 2.63. The lowest BCUT2D eigenvalue weighted by atomic mass is 9.94. The Hall–Kier alpha value is -3.35. The number of carboxylic acid groups (broad SMARTS) is 1. The number of nitrogens with zero attached hydrogens (tertiary/aromatic N) is 1. The first-order valence-corrected chi connectivity index (χ1v) is 12.1. The molecule has 3 aliphatic rings. The third-order valence-corrected chi connectivity index (χ3v) is 7.68. The molecule has 5 rings (SSSR count). The molecule has 1 aliphatic heterocycles. The number of ether oxygens (including phenoxy) is 1. The maximum atomic E-state index is 13.0. The highest BCUT2D eigenvalue weighted by Gasteiger charge is 2.39. The summed E-state index contributed by atoms with van der Waals surface area (Å²) in [5.74, 6) is -1.38. The number of carbonyl (C=O) groups is 3. The van der Waals surface area contributed by atoms with Gasteiger partial charge in [-0.05, 0) is 47.4 Å². The number of likely N-dealkylation sites (tertiary alicyclic amines) is 1. The highest BCUT2D eigenvalue weighted by atomic mass is 16.5. The monoisotopic (exact) mass is 462 g/mol. The number of carboxylic acids is 1. The van der Waals surface area contributed by atoms with Gasteiger partial charge in [0.25, 0.3) is 0 Å². The standard InChI is InChI=1S/C27H30N2O5/c30-25(29-13-12-18(15-29)26(31)32)19-11-5-6-17(19)14-28-27(33)34-16-24-22-9-3-1-7-20(22)21-8-2-4-10-23(21)24/h1-4,7-10,17-19,24H,5-6,11-16H2,(H,28,33)(H,31,32)/t17-,18?,19-/m0/s1. The van der Waals surface area contributed by atoms with Crippen molar-refractivity contribution in [1.29, 1.82) is 0 Å². The normalized spacial score (nSPS) is 23.4. The molecule has 7 nitrogen and oxygen atoms in total. The van der Waals surface area contributed by atoms with E-state index in [0.29, 0.717) is 19.5 Å². The van der Waals surface area contributed by atoms with E-state index in [1.54, 1.807) is 4.90 Å². The van der Waals surface area contributed by atoms with Gasteiger partial charge in [0.15, 0.2) is 0 Å². The smallest absolute Gasteiger partial charge is 0.407 e. The van der Waals surface area contributed by atoms with Crippen LogP contribution in [-0.4, -0.2) is 54.2 Å². The van der Waals surface area contributed by atoms with Crippen molar-refractivity contribution in [2.24, 2.45) is 17.8 Å². The number of benzene rings is 2. The van der Waals surface area contributed by atoms with Gasteiger partial charge in [-0.25, -0.2) is 4.79 Å². The number of fused-ring (bicyclic) bond motifs is 3. The number of nitrogens with one attached hydrogen (secondary N) is 1. The van der Waals surface area contributed by atoms with Crippen LogP contribution in [0.5, 0.6) is 0 Å². The second kappa shape index (κ2) is 9.49. The number of amides is 2. The van der Waals surface area contributed by atoms with Gasteiger partial charge in [-0.15, -0.1) is 0 Å². The van der Waals surface area contributed by atoms with Crippen molar-refractivity contribution in [3.8, 4) is 11.1 Å². The molecular formula is C27H30N2O5. The highest BCUT2D eigenvalue weighted by Crippen LogP contribution is 2.44. The SMILES string of the molecule is O=C(NC[C@@H]1CCC[C@@H]1C(=O)N1CCC(C(=O)O)C1)OCC1c2ccccc2-c2ccccc21. The van der Waals surface area contributed by atoms with E-state index >= 15 is 0 Å². The summed E-state index contributed by atoms with van der Waals surface area (Å²) in [5.41, 5.74) is 4.71. The Labute approximate surface area is 199 Å². The minimum absolute atomic E-state index is 0.0105. The summed E-state index contributed by atoms with van der Waals surface area (Å²) >= 11 is 0. The molecule has 1 unspecified atom stereocenters. The summed E-state index contributed by atoms with van der Waals surface area (Å²) in [4.78, 5) is 38.4. The third kappa shape index (κ3) is 4.27. The van der Waals surface area contributed by atoms with Gasteiger partial charge in [-0.2, -0.15) is 0 Å². The largest absolute Gasteiger partial charge is 0.481 e. The predicted octanol–water partition coefficient (Wildman–Crippen LogP) is 3.87. The molecule has 2 aromatic carbocycles.